The number of benzene rings is 1. The van der Waals surface area contributed by atoms with E-state index in [0.29, 0.717) is 24.7 Å². The first kappa shape index (κ1) is 18.7. The maximum Gasteiger partial charge on any atom is 0.326 e. The van der Waals surface area contributed by atoms with Crippen molar-refractivity contribution in [3.8, 4) is 11.3 Å². The summed E-state index contributed by atoms with van der Waals surface area (Å²) in [7, 11) is 0. The second-order valence-corrected chi connectivity index (χ2v) is 7.89. The third-order valence-electron chi connectivity index (χ3n) is 6.09. The highest BCUT2D eigenvalue weighted by molar-refractivity contribution is 5.85. The zero-order chi connectivity index (χ0) is 19.7. The number of oxazole rings is 1. The van der Waals surface area contributed by atoms with Crippen molar-refractivity contribution in [2.75, 3.05) is 0 Å². The smallest absolute Gasteiger partial charge is 0.326 e. The van der Waals surface area contributed by atoms with E-state index in [1.54, 1.807) is 4.90 Å². The second-order valence-electron chi connectivity index (χ2n) is 7.89. The Hall–Kier alpha value is -2.63. The molecule has 4 rings (SSSR count). The molecule has 0 spiro atoms. The largest absolute Gasteiger partial charge is 0.480 e. The van der Waals surface area contributed by atoms with Gasteiger partial charge in [0.05, 0.1) is 5.69 Å². The van der Waals surface area contributed by atoms with Gasteiger partial charge in [-0.15, -0.1) is 0 Å². The van der Waals surface area contributed by atoms with Gasteiger partial charge < -0.3 is 14.4 Å². The fourth-order valence-electron chi connectivity index (χ4n) is 4.80. The molecule has 1 aliphatic carbocycles. The van der Waals surface area contributed by atoms with E-state index < -0.39 is 12.0 Å². The normalized spacial score (nSPS) is 24.2. The number of hydrogen-bond acceptors (Lipinski definition) is 4. The number of aromatic nitrogens is 1. The number of aryl methyl sites for hydroxylation is 2. The number of carbonyl (C=O) groups excluding carboxylic acids is 1. The predicted octanol–water partition coefficient (Wildman–Crippen LogP) is 3.83. The lowest BCUT2D eigenvalue weighted by Crippen LogP contribution is -2.46. The van der Waals surface area contributed by atoms with Gasteiger partial charge in [0.2, 0.25) is 5.91 Å². The van der Waals surface area contributed by atoms with Crippen LogP contribution in [0, 0.1) is 12.8 Å². The Morgan fingerprint density at radius 2 is 1.96 bits per heavy atom. The molecule has 6 heteroatoms. The van der Waals surface area contributed by atoms with Crippen molar-refractivity contribution < 1.29 is 19.1 Å². The number of rotatable bonds is 5. The van der Waals surface area contributed by atoms with E-state index >= 15 is 0 Å². The number of carbonyl (C=O) groups is 2. The molecule has 1 saturated heterocycles. The first-order chi connectivity index (χ1) is 13.5. The molecule has 1 amide bonds. The van der Waals surface area contributed by atoms with Crippen molar-refractivity contribution in [1.29, 1.82) is 0 Å². The van der Waals surface area contributed by atoms with Crippen molar-refractivity contribution in [3.05, 3.63) is 41.9 Å². The van der Waals surface area contributed by atoms with Crippen LogP contribution in [-0.4, -0.2) is 39.0 Å². The standard InChI is InChI=1S/C22H26N2O4/c1-14-21(15-7-3-2-4-8-15)28-19(23-14)11-12-20(25)24-17-10-6-5-9-16(17)13-18(24)22(26)27/h2-4,7-8,16-18H,5-6,9-13H2,1H3,(H,26,27)/t16-,17-,18+/m1/s1. The Morgan fingerprint density at radius 3 is 2.71 bits per heavy atom. The minimum atomic E-state index is -0.888. The van der Waals surface area contributed by atoms with Gasteiger partial charge in [0.25, 0.3) is 0 Å². The van der Waals surface area contributed by atoms with E-state index in [9.17, 15) is 14.7 Å². The van der Waals surface area contributed by atoms with Gasteiger partial charge in [0.1, 0.15) is 6.04 Å². The molecule has 1 aromatic heterocycles. The molecule has 1 aromatic carbocycles. The predicted molar refractivity (Wildman–Crippen MR) is 104 cm³/mol. The maximum atomic E-state index is 12.9. The molecule has 1 N–H and O–H groups in total. The van der Waals surface area contributed by atoms with Crippen LogP contribution in [0.5, 0.6) is 0 Å². The van der Waals surface area contributed by atoms with Crippen LogP contribution in [0.25, 0.3) is 11.3 Å². The topological polar surface area (TPSA) is 83.6 Å². The number of fused-ring (bicyclic) bond motifs is 1. The highest BCUT2D eigenvalue weighted by Crippen LogP contribution is 2.40. The molecular formula is C22H26N2O4. The Bertz CT molecular complexity index is 861. The van der Waals surface area contributed by atoms with E-state index in [-0.39, 0.29) is 18.4 Å². The van der Waals surface area contributed by atoms with Crippen LogP contribution in [0.2, 0.25) is 0 Å². The molecule has 2 heterocycles. The highest BCUT2D eigenvalue weighted by Gasteiger charge is 2.47. The van der Waals surface area contributed by atoms with Gasteiger partial charge in [0.15, 0.2) is 11.7 Å². The van der Waals surface area contributed by atoms with E-state index in [1.165, 1.54) is 0 Å². The van der Waals surface area contributed by atoms with Crippen LogP contribution in [0.4, 0.5) is 0 Å². The van der Waals surface area contributed by atoms with E-state index in [0.717, 1.165) is 42.7 Å². The first-order valence-corrected chi connectivity index (χ1v) is 10.1. The van der Waals surface area contributed by atoms with Gasteiger partial charge in [-0.1, -0.05) is 43.2 Å². The number of likely N-dealkylation sites (tertiary alicyclic amines) is 1. The summed E-state index contributed by atoms with van der Waals surface area (Å²) in [5.74, 6) is 0.586. The molecule has 28 heavy (non-hydrogen) atoms. The third kappa shape index (κ3) is 3.55. The molecule has 2 fully saturated rings. The van der Waals surface area contributed by atoms with Crippen molar-refractivity contribution in [3.63, 3.8) is 0 Å². The van der Waals surface area contributed by atoms with Crippen LogP contribution in [0.15, 0.2) is 34.7 Å². The molecule has 2 aliphatic rings. The van der Waals surface area contributed by atoms with Crippen LogP contribution >= 0.6 is 0 Å². The molecule has 3 atom stereocenters. The summed E-state index contributed by atoms with van der Waals surface area (Å²) in [5, 5.41) is 9.61. The quantitative estimate of drug-likeness (QED) is 0.850. The van der Waals surface area contributed by atoms with Crippen LogP contribution in [0.3, 0.4) is 0 Å². The number of hydrogen-bond donors (Lipinski definition) is 1. The number of carboxylic acids is 1. The van der Waals surface area contributed by atoms with E-state index in [2.05, 4.69) is 4.98 Å². The van der Waals surface area contributed by atoms with Gasteiger partial charge in [-0.3, -0.25) is 4.79 Å². The van der Waals surface area contributed by atoms with E-state index in [4.69, 9.17) is 4.42 Å². The summed E-state index contributed by atoms with van der Waals surface area (Å²) in [5.41, 5.74) is 1.76. The Balaban J connectivity index is 1.46. The van der Waals surface area contributed by atoms with Gasteiger partial charge in [-0.2, -0.15) is 0 Å². The minimum absolute atomic E-state index is 0.0773. The van der Waals surface area contributed by atoms with Crippen LogP contribution < -0.4 is 0 Å². The highest BCUT2D eigenvalue weighted by atomic mass is 16.4. The average molecular weight is 382 g/mol. The molecule has 0 unspecified atom stereocenters. The molecule has 148 valence electrons. The molecule has 1 aliphatic heterocycles. The third-order valence-corrected chi connectivity index (χ3v) is 6.09. The number of nitrogens with zero attached hydrogens (tertiary/aromatic N) is 2. The van der Waals surface area contributed by atoms with Crippen LogP contribution in [0.1, 0.15) is 50.1 Å². The van der Waals surface area contributed by atoms with Crippen molar-refractivity contribution in [2.24, 2.45) is 5.92 Å². The SMILES string of the molecule is Cc1nc(CCC(=O)N2[C@@H]3CCCC[C@@H]3C[C@H]2C(=O)O)oc1-c1ccccc1. The fraction of sp³-hybridized carbons (Fsp3) is 0.500. The Kier molecular flexibility index (Phi) is 5.20. The summed E-state index contributed by atoms with van der Waals surface area (Å²) < 4.78 is 5.90. The lowest BCUT2D eigenvalue weighted by Gasteiger charge is -2.33. The monoisotopic (exact) mass is 382 g/mol. The average Bonchev–Trinajstić information content (AvgIpc) is 3.27. The zero-order valence-electron chi connectivity index (χ0n) is 16.1. The summed E-state index contributed by atoms with van der Waals surface area (Å²) in [4.78, 5) is 30.8. The number of amides is 1. The molecule has 6 nitrogen and oxygen atoms in total. The second kappa shape index (κ2) is 7.78. The molecule has 2 aromatic rings. The first-order valence-electron chi connectivity index (χ1n) is 10.1. The Morgan fingerprint density at radius 1 is 1.21 bits per heavy atom. The van der Waals surface area contributed by atoms with Gasteiger partial charge in [0, 0.05) is 24.4 Å². The van der Waals surface area contributed by atoms with Crippen molar-refractivity contribution >= 4 is 11.9 Å². The van der Waals surface area contributed by atoms with Gasteiger partial charge in [-0.25, -0.2) is 9.78 Å². The zero-order valence-corrected chi connectivity index (χ0v) is 16.1. The fourth-order valence-corrected chi connectivity index (χ4v) is 4.80. The molecule has 1 saturated carbocycles. The van der Waals surface area contributed by atoms with Crippen molar-refractivity contribution in [2.45, 2.75) is 64.0 Å². The minimum Gasteiger partial charge on any atom is -0.480 e. The summed E-state index contributed by atoms with van der Waals surface area (Å²) in [6.07, 6.45) is 5.33. The molecule has 0 radical (unpaired) electrons. The maximum absolute atomic E-state index is 12.9. The van der Waals surface area contributed by atoms with Gasteiger partial charge in [-0.05, 0) is 32.1 Å². The number of aliphatic carboxylic acids is 1. The lowest BCUT2D eigenvalue weighted by molar-refractivity contribution is -0.149. The number of carboxylic acid groups (broad SMARTS) is 1. The summed E-state index contributed by atoms with van der Waals surface area (Å²) in [6, 6.07) is 9.16. The molecular weight excluding hydrogens is 356 g/mol. The van der Waals surface area contributed by atoms with Gasteiger partial charge >= 0.3 is 5.97 Å². The molecule has 0 bridgehead atoms. The van der Waals surface area contributed by atoms with Crippen molar-refractivity contribution in [1.82, 2.24) is 9.88 Å². The lowest BCUT2D eigenvalue weighted by atomic mass is 9.84. The summed E-state index contributed by atoms with van der Waals surface area (Å²) >= 11 is 0. The summed E-state index contributed by atoms with van der Waals surface area (Å²) in [6.45, 7) is 1.89. The Labute approximate surface area is 164 Å². The van der Waals surface area contributed by atoms with E-state index in [1.807, 2.05) is 37.3 Å². The van der Waals surface area contributed by atoms with Crippen LogP contribution in [-0.2, 0) is 16.0 Å².